The van der Waals surface area contributed by atoms with E-state index < -0.39 is 23.3 Å². The molecule has 1 aliphatic rings. The molecule has 1 unspecified atom stereocenters. The van der Waals surface area contributed by atoms with E-state index in [-0.39, 0.29) is 24.0 Å². The van der Waals surface area contributed by atoms with Crippen LogP contribution in [-0.2, 0) is 6.18 Å². The number of amides is 1. The van der Waals surface area contributed by atoms with Crippen LogP contribution in [0.4, 0.5) is 13.2 Å². The van der Waals surface area contributed by atoms with Crippen LogP contribution in [0.5, 0.6) is 0 Å². The molecule has 3 rings (SSSR count). The number of benzene rings is 1. The molecule has 2 heterocycles. The summed E-state index contributed by atoms with van der Waals surface area (Å²) in [5, 5.41) is 9.66. The molecule has 1 fully saturated rings. The Hall–Kier alpha value is -2.06. The fourth-order valence-electron chi connectivity index (χ4n) is 3.10. The molecule has 0 spiro atoms. The molecule has 5 nitrogen and oxygen atoms in total. The normalized spacial score (nSPS) is 17.3. The maximum absolute atomic E-state index is 13.6. The van der Waals surface area contributed by atoms with Crippen LogP contribution in [-0.4, -0.2) is 35.3 Å². The van der Waals surface area contributed by atoms with Gasteiger partial charge in [0.1, 0.15) is 0 Å². The highest BCUT2D eigenvalue weighted by molar-refractivity contribution is 5.95. The Balaban J connectivity index is 0.00000261. The SMILES string of the molecule is Cc1ccc(-n2ncc(C(=O)NCC3CCCNC3)c2C(F)(F)F)cc1.Cl. The summed E-state index contributed by atoms with van der Waals surface area (Å²) in [6.45, 7) is 3.89. The van der Waals surface area contributed by atoms with E-state index in [2.05, 4.69) is 15.7 Å². The first-order valence-corrected chi connectivity index (χ1v) is 8.57. The predicted octanol–water partition coefficient (Wildman–Crippen LogP) is 3.35. The van der Waals surface area contributed by atoms with Gasteiger partial charge in [-0.15, -0.1) is 12.4 Å². The van der Waals surface area contributed by atoms with Crippen molar-refractivity contribution in [1.29, 1.82) is 0 Å². The van der Waals surface area contributed by atoms with Gasteiger partial charge in [0.2, 0.25) is 0 Å². The number of hydrogen-bond acceptors (Lipinski definition) is 3. The van der Waals surface area contributed by atoms with Gasteiger partial charge in [-0.3, -0.25) is 4.79 Å². The second kappa shape index (κ2) is 8.75. The largest absolute Gasteiger partial charge is 0.434 e. The molecule has 1 amide bonds. The van der Waals surface area contributed by atoms with E-state index in [1.807, 2.05) is 6.92 Å². The lowest BCUT2D eigenvalue weighted by molar-refractivity contribution is -0.143. The third-order valence-electron chi connectivity index (χ3n) is 4.51. The first-order valence-electron chi connectivity index (χ1n) is 8.57. The number of rotatable bonds is 4. The number of nitrogens with zero attached hydrogens (tertiary/aromatic N) is 2. The van der Waals surface area contributed by atoms with Crippen molar-refractivity contribution in [2.45, 2.75) is 25.9 Å². The van der Waals surface area contributed by atoms with Crippen molar-refractivity contribution in [2.75, 3.05) is 19.6 Å². The Labute approximate surface area is 161 Å². The van der Waals surface area contributed by atoms with Gasteiger partial charge in [0.05, 0.1) is 17.4 Å². The molecule has 0 bridgehead atoms. The van der Waals surface area contributed by atoms with E-state index in [1.54, 1.807) is 24.3 Å². The number of carbonyl (C=O) groups is 1. The third kappa shape index (κ3) is 5.01. The number of hydrogen-bond donors (Lipinski definition) is 2. The molecule has 27 heavy (non-hydrogen) atoms. The van der Waals surface area contributed by atoms with Crippen LogP contribution in [0.1, 0.15) is 34.5 Å². The van der Waals surface area contributed by atoms with Gasteiger partial charge < -0.3 is 10.6 Å². The van der Waals surface area contributed by atoms with Crippen molar-refractivity contribution in [1.82, 2.24) is 20.4 Å². The zero-order chi connectivity index (χ0) is 18.7. The molecule has 1 saturated heterocycles. The molecule has 148 valence electrons. The molecule has 0 saturated carbocycles. The van der Waals surface area contributed by atoms with Crippen LogP contribution in [0.3, 0.4) is 0 Å². The van der Waals surface area contributed by atoms with Gasteiger partial charge in [0.15, 0.2) is 5.69 Å². The van der Waals surface area contributed by atoms with Gasteiger partial charge in [-0.25, -0.2) is 4.68 Å². The van der Waals surface area contributed by atoms with E-state index in [1.165, 1.54) is 0 Å². The van der Waals surface area contributed by atoms with Crippen molar-refractivity contribution in [3.63, 3.8) is 0 Å². The van der Waals surface area contributed by atoms with Crippen molar-refractivity contribution in [2.24, 2.45) is 5.92 Å². The minimum absolute atomic E-state index is 0. The fourth-order valence-corrected chi connectivity index (χ4v) is 3.10. The van der Waals surface area contributed by atoms with Gasteiger partial charge in [0, 0.05) is 6.54 Å². The molecular weight excluding hydrogens is 381 g/mol. The molecule has 1 aliphatic heterocycles. The molecule has 9 heteroatoms. The Morgan fingerprint density at radius 2 is 2.04 bits per heavy atom. The summed E-state index contributed by atoms with van der Waals surface area (Å²) in [5.74, 6) is -0.518. The summed E-state index contributed by atoms with van der Waals surface area (Å²) in [5.41, 5.74) is -0.325. The number of carbonyl (C=O) groups excluding carboxylic acids is 1. The summed E-state index contributed by atoms with van der Waals surface area (Å²) in [6, 6.07) is 6.50. The number of aryl methyl sites for hydroxylation is 1. The van der Waals surface area contributed by atoms with E-state index in [9.17, 15) is 18.0 Å². The van der Waals surface area contributed by atoms with E-state index in [0.717, 1.165) is 42.4 Å². The lowest BCUT2D eigenvalue weighted by Gasteiger charge is -2.22. The van der Waals surface area contributed by atoms with Crippen LogP contribution >= 0.6 is 12.4 Å². The van der Waals surface area contributed by atoms with E-state index in [4.69, 9.17) is 0 Å². The summed E-state index contributed by atoms with van der Waals surface area (Å²) < 4.78 is 41.6. The number of alkyl halides is 3. The van der Waals surface area contributed by atoms with Crippen molar-refractivity contribution in [3.05, 3.63) is 47.3 Å². The molecular formula is C18H22ClF3N4O. The topological polar surface area (TPSA) is 59.0 Å². The summed E-state index contributed by atoms with van der Waals surface area (Å²) in [6.07, 6.45) is -1.76. The minimum Gasteiger partial charge on any atom is -0.352 e. The van der Waals surface area contributed by atoms with Gasteiger partial charge in [-0.2, -0.15) is 18.3 Å². The minimum atomic E-state index is -4.69. The predicted molar refractivity (Wildman–Crippen MR) is 98.5 cm³/mol. The number of piperidine rings is 1. The van der Waals surface area contributed by atoms with Gasteiger partial charge in [0.25, 0.3) is 5.91 Å². The van der Waals surface area contributed by atoms with Gasteiger partial charge in [-0.1, -0.05) is 17.7 Å². The van der Waals surface area contributed by atoms with Gasteiger partial charge in [-0.05, 0) is 50.9 Å². The Kier molecular flexibility index (Phi) is 6.89. The molecule has 2 N–H and O–H groups in total. The summed E-state index contributed by atoms with van der Waals surface area (Å²) in [7, 11) is 0. The molecule has 2 aromatic rings. The van der Waals surface area contributed by atoms with Crippen LogP contribution in [0.15, 0.2) is 30.5 Å². The number of aromatic nitrogens is 2. The maximum Gasteiger partial charge on any atom is 0.434 e. The quantitative estimate of drug-likeness (QED) is 0.824. The van der Waals surface area contributed by atoms with E-state index >= 15 is 0 Å². The van der Waals surface area contributed by atoms with Gasteiger partial charge >= 0.3 is 6.18 Å². The highest BCUT2D eigenvalue weighted by Gasteiger charge is 2.40. The molecule has 1 atom stereocenters. The summed E-state index contributed by atoms with van der Waals surface area (Å²) in [4.78, 5) is 12.4. The van der Waals surface area contributed by atoms with Crippen LogP contribution in [0, 0.1) is 12.8 Å². The lowest BCUT2D eigenvalue weighted by Crippen LogP contribution is -2.38. The highest BCUT2D eigenvalue weighted by atomic mass is 35.5. The molecule has 0 radical (unpaired) electrons. The van der Waals surface area contributed by atoms with Crippen LogP contribution < -0.4 is 10.6 Å². The molecule has 1 aromatic heterocycles. The molecule has 0 aliphatic carbocycles. The van der Waals surface area contributed by atoms with Crippen molar-refractivity contribution < 1.29 is 18.0 Å². The smallest absolute Gasteiger partial charge is 0.352 e. The second-order valence-electron chi connectivity index (χ2n) is 6.57. The molecule has 1 aromatic carbocycles. The summed E-state index contributed by atoms with van der Waals surface area (Å²) >= 11 is 0. The zero-order valence-electron chi connectivity index (χ0n) is 14.8. The second-order valence-corrected chi connectivity index (χ2v) is 6.57. The highest BCUT2D eigenvalue weighted by Crippen LogP contribution is 2.33. The van der Waals surface area contributed by atoms with Crippen LogP contribution in [0.25, 0.3) is 5.69 Å². The first kappa shape index (κ1) is 21.2. The van der Waals surface area contributed by atoms with Crippen molar-refractivity contribution in [3.8, 4) is 5.69 Å². The Bertz CT molecular complexity index is 768. The monoisotopic (exact) mass is 402 g/mol. The Morgan fingerprint density at radius 1 is 1.33 bits per heavy atom. The maximum atomic E-state index is 13.6. The lowest BCUT2D eigenvalue weighted by atomic mass is 9.99. The van der Waals surface area contributed by atoms with Crippen molar-refractivity contribution >= 4 is 18.3 Å². The number of nitrogens with one attached hydrogen (secondary N) is 2. The first-order chi connectivity index (χ1) is 12.4. The Morgan fingerprint density at radius 3 is 2.63 bits per heavy atom. The average Bonchev–Trinajstić information content (AvgIpc) is 3.07. The zero-order valence-corrected chi connectivity index (χ0v) is 15.7. The van der Waals surface area contributed by atoms with E-state index in [0.29, 0.717) is 6.54 Å². The third-order valence-corrected chi connectivity index (χ3v) is 4.51. The average molecular weight is 403 g/mol. The number of halogens is 4. The fraction of sp³-hybridized carbons (Fsp3) is 0.444. The van der Waals surface area contributed by atoms with Crippen LogP contribution in [0.2, 0.25) is 0 Å². The standard InChI is InChI=1S/C18H21F3N4O.ClH/c1-12-4-6-14(7-5-12)25-16(18(19,20)21)15(11-24-25)17(26)23-10-13-3-2-8-22-9-13;/h4-7,11,13,22H,2-3,8-10H2,1H3,(H,23,26);1H.